The highest BCUT2D eigenvalue weighted by atomic mass is 79.9. The average Bonchev–Trinajstić information content (AvgIpc) is 3.37. The van der Waals surface area contributed by atoms with Gasteiger partial charge in [0.05, 0.1) is 40.1 Å². The molecule has 0 bridgehead atoms. The van der Waals surface area contributed by atoms with Crippen molar-refractivity contribution >= 4 is 74.1 Å². The van der Waals surface area contributed by atoms with Gasteiger partial charge in [0.25, 0.3) is 0 Å². The lowest BCUT2D eigenvalue weighted by Gasteiger charge is -2.32. The number of para-hydroxylation sites is 2. The fourth-order valence-corrected chi connectivity index (χ4v) is 8.43. The number of halogens is 5. The van der Waals surface area contributed by atoms with Gasteiger partial charge < -0.3 is 25.4 Å². The minimum Gasteiger partial charge on any atom is -0.491 e. The van der Waals surface area contributed by atoms with Crippen molar-refractivity contribution in [2.45, 2.75) is 37.8 Å². The molecule has 2 amide bonds. The number of hydrogen-bond donors (Lipinski definition) is 3. The molecule has 2 fully saturated rings. The Kier molecular flexibility index (Phi) is 21.5. The molecule has 2 saturated heterocycles. The van der Waals surface area contributed by atoms with Gasteiger partial charge in [-0.1, -0.05) is 123 Å². The first-order valence-electron chi connectivity index (χ1n) is 22.4. The number of carbonyl (C=O) groups is 2. The number of ether oxygens (including phenoxy) is 2. The Morgan fingerprint density at radius 3 is 1.46 bits per heavy atom. The maximum Gasteiger partial charge on any atom is 0.224 e. The fourth-order valence-electron chi connectivity index (χ4n) is 7.64. The molecular weight excluding hydrogens is 994 g/mol. The molecule has 0 spiro atoms. The first kappa shape index (κ1) is 51.7. The van der Waals surface area contributed by atoms with Crippen LogP contribution in [0.15, 0.2) is 146 Å². The molecule has 0 saturated carbocycles. The molecule has 3 N–H and O–H groups in total. The van der Waals surface area contributed by atoms with E-state index in [-0.39, 0.29) is 35.7 Å². The van der Waals surface area contributed by atoms with Crippen LogP contribution in [0.3, 0.4) is 0 Å². The van der Waals surface area contributed by atoms with Crippen molar-refractivity contribution in [2.75, 3.05) is 51.3 Å². The molecule has 2 aliphatic rings. The monoisotopic (exact) mass is 1050 g/mol. The summed E-state index contributed by atoms with van der Waals surface area (Å²) in [7, 11) is 0. The smallest absolute Gasteiger partial charge is 0.224 e. The van der Waals surface area contributed by atoms with Gasteiger partial charge >= 0.3 is 0 Å². The third kappa shape index (κ3) is 16.8. The molecule has 2 aromatic heterocycles. The number of likely N-dealkylation sites (tertiary alicyclic amines) is 1. The zero-order valence-corrected chi connectivity index (χ0v) is 41.6. The summed E-state index contributed by atoms with van der Waals surface area (Å²) in [6, 6.07) is 40.9. The average molecular weight is 1050 g/mol. The first-order valence-corrected chi connectivity index (χ1v) is 25.0. The molecule has 2 unspecified atom stereocenters. The van der Waals surface area contributed by atoms with Crippen LogP contribution in [0.1, 0.15) is 60.3 Å². The van der Waals surface area contributed by atoms with Crippen molar-refractivity contribution in [3.63, 3.8) is 0 Å². The third-order valence-corrected chi connectivity index (χ3v) is 12.7. The zero-order chi connectivity index (χ0) is 47.2. The highest BCUT2D eigenvalue weighted by Crippen LogP contribution is 2.28. The van der Waals surface area contributed by atoms with E-state index in [1.54, 1.807) is 12.4 Å². The quantitative estimate of drug-likeness (QED) is 0.0871. The predicted molar refractivity (Wildman–Crippen MR) is 274 cm³/mol. The number of benzene rings is 4. The molecule has 352 valence electrons. The van der Waals surface area contributed by atoms with E-state index < -0.39 is 0 Å². The van der Waals surface area contributed by atoms with Gasteiger partial charge in [0.2, 0.25) is 11.8 Å². The first-order chi connectivity index (χ1) is 32.7. The second-order valence-electron chi connectivity index (χ2n) is 15.9. The normalized spacial score (nSPS) is 15.1. The second kappa shape index (κ2) is 27.9. The summed E-state index contributed by atoms with van der Waals surface area (Å²) in [4.78, 5) is 37.0. The van der Waals surface area contributed by atoms with Crippen molar-refractivity contribution in [3.05, 3.63) is 188 Å². The number of rotatable bonds is 15. The Balaban J connectivity index is 0.000000188. The Labute approximate surface area is 422 Å². The lowest BCUT2D eigenvalue weighted by atomic mass is 9.94. The van der Waals surface area contributed by atoms with Gasteiger partial charge in [0, 0.05) is 46.1 Å². The summed E-state index contributed by atoms with van der Waals surface area (Å²) in [6.07, 6.45) is 6.87. The number of nitrogens with one attached hydrogen (secondary N) is 3. The fraction of sp³-hybridized carbons (Fsp3) is 0.308. The predicted octanol–water partition coefficient (Wildman–Crippen LogP) is 11.4. The minimum atomic E-state index is -0.307. The Hall–Kier alpha value is -4.72. The number of alkyl halides is 1. The number of aromatic nitrogens is 2. The Bertz CT molecular complexity index is 2390. The largest absolute Gasteiger partial charge is 0.491 e. The molecule has 10 nitrogen and oxygen atoms in total. The van der Waals surface area contributed by atoms with Crippen LogP contribution in [0.5, 0.6) is 11.5 Å². The maximum atomic E-state index is 13.1. The van der Waals surface area contributed by atoms with E-state index in [0.717, 1.165) is 92.0 Å². The standard InChI is InChI=1S/C26H27Cl2N3O2.C18H20ClN3O.C8H8BrClO/c27-21-10-8-19(9-11-21)25(23-6-3-4-14-29-23)30-26(32)20-12-15-31(16-13-20)17-18-33-24-7-2-1-5-22(24)28;19-15-6-4-13(5-7-15)17(16-3-1-2-10-21-16)22-18(23)14-8-11-20-12-9-14;9-5-6-11-8-4-2-1-3-7(8)10/h1-11,14,20,25H,12-13,15-18H2,(H,30,32);1-7,10,14,17,20H,8-9,11-12H2,(H,22,23);1-4H,5-6H2. The molecule has 4 aromatic carbocycles. The number of nitrogens with zero attached hydrogens (tertiary/aromatic N) is 3. The molecule has 4 heterocycles. The molecule has 2 aliphatic heterocycles. The van der Waals surface area contributed by atoms with Crippen LogP contribution in [0.2, 0.25) is 20.1 Å². The third-order valence-electron chi connectivity index (χ3n) is 11.3. The van der Waals surface area contributed by atoms with Gasteiger partial charge in [-0.25, -0.2) is 0 Å². The van der Waals surface area contributed by atoms with Crippen molar-refractivity contribution in [1.29, 1.82) is 0 Å². The molecule has 0 radical (unpaired) electrons. The highest BCUT2D eigenvalue weighted by molar-refractivity contribution is 9.09. The Morgan fingerprint density at radius 2 is 1.03 bits per heavy atom. The van der Waals surface area contributed by atoms with Crippen LogP contribution in [0, 0.1) is 11.8 Å². The van der Waals surface area contributed by atoms with E-state index >= 15 is 0 Å². The van der Waals surface area contributed by atoms with Crippen LogP contribution in [-0.4, -0.2) is 77.9 Å². The van der Waals surface area contributed by atoms with Gasteiger partial charge in [-0.3, -0.25) is 24.5 Å². The molecule has 2 atom stereocenters. The van der Waals surface area contributed by atoms with Gasteiger partial charge in [-0.05, 0) is 136 Å². The Morgan fingerprint density at radius 1 is 0.597 bits per heavy atom. The number of amides is 2. The van der Waals surface area contributed by atoms with Crippen LogP contribution in [-0.2, 0) is 9.59 Å². The summed E-state index contributed by atoms with van der Waals surface area (Å²) in [6.45, 7) is 5.53. The van der Waals surface area contributed by atoms with E-state index in [1.807, 2.05) is 133 Å². The van der Waals surface area contributed by atoms with E-state index in [9.17, 15) is 9.59 Å². The lowest BCUT2D eigenvalue weighted by molar-refractivity contribution is -0.127. The van der Waals surface area contributed by atoms with E-state index in [1.165, 1.54) is 0 Å². The number of piperidine rings is 2. The topological polar surface area (TPSA) is 118 Å². The van der Waals surface area contributed by atoms with Gasteiger partial charge in [0.1, 0.15) is 18.1 Å². The molecule has 6 aromatic rings. The summed E-state index contributed by atoms with van der Waals surface area (Å²) in [5.41, 5.74) is 3.58. The van der Waals surface area contributed by atoms with Gasteiger partial charge in [0.15, 0.2) is 0 Å². The van der Waals surface area contributed by atoms with Crippen LogP contribution < -0.4 is 25.4 Å². The van der Waals surface area contributed by atoms with Crippen LogP contribution in [0.4, 0.5) is 0 Å². The number of carbonyl (C=O) groups excluding carboxylic acids is 2. The van der Waals surface area contributed by atoms with Crippen molar-refractivity contribution in [1.82, 2.24) is 30.8 Å². The SMILES string of the molecule is Clc1ccccc1OCCBr.O=C(NC(c1ccc(Cl)cc1)c1ccccn1)C1CCN(CCOc2ccccc2Cl)CC1.O=C(NC(c1ccc(Cl)cc1)c1ccccn1)C1CCNCC1. The van der Waals surface area contributed by atoms with Gasteiger partial charge in [-0.2, -0.15) is 0 Å². The molecule has 8 rings (SSSR count). The zero-order valence-electron chi connectivity index (χ0n) is 37.0. The minimum absolute atomic E-state index is 0.0238. The van der Waals surface area contributed by atoms with Crippen LogP contribution >= 0.6 is 62.3 Å². The van der Waals surface area contributed by atoms with Crippen LogP contribution in [0.25, 0.3) is 0 Å². The summed E-state index contributed by atoms with van der Waals surface area (Å²) >= 11 is 27.3. The maximum absolute atomic E-state index is 13.1. The van der Waals surface area contributed by atoms with Gasteiger partial charge in [-0.15, -0.1) is 0 Å². The number of pyridine rings is 2. The molecule has 67 heavy (non-hydrogen) atoms. The van der Waals surface area contributed by atoms with E-state index in [0.29, 0.717) is 39.1 Å². The summed E-state index contributed by atoms with van der Waals surface area (Å²) < 4.78 is 11.1. The summed E-state index contributed by atoms with van der Waals surface area (Å²) in [5, 5.41) is 13.1. The summed E-state index contributed by atoms with van der Waals surface area (Å²) in [5.74, 6) is 1.65. The lowest BCUT2D eigenvalue weighted by Crippen LogP contribution is -2.42. The van der Waals surface area contributed by atoms with E-state index in [4.69, 9.17) is 55.9 Å². The van der Waals surface area contributed by atoms with Crippen molar-refractivity contribution < 1.29 is 19.1 Å². The molecular formula is C52H55BrCl4N6O4. The molecule has 15 heteroatoms. The van der Waals surface area contributed by atoms with E-state index in [2.05, 4.69) is 46.7 Å². The molecule has 0 aliphatic carbocycles. The second-order valence-corrected chi connectivity index (χ2v) is 18.4. The van der Waals surface area contributed by atoms with Crippen molar-refractivity contribution in [2.24, 2.45) is 11.8 Å². The highest BCUT2D eigenvalue weighted by Gasteiger charge is 2.28. The number of hydrogen-bond acceptors (Lipinski definition) is 8. The van der Waals surface area contributed by atoms with Crippen molar-refractivity contribution in [3.8, 4) is 11.5 Å².